The van der Waals surface area contributed by atoms with E-state index >= 15 is 0 Å². The van der Waals surface area contributed by atoms with Crippen LogP contribution in [0.15, 0.2) is 22.7 Å². The molecule has 1 aromatic heterocycles. The van der Waals surface area contributed by atoms with Crippen molar-refractivity contribution in [3.63, 3.8) is 0 Å². The summed E-state index contributed by atoms with van der Waals surface area (Å²) < 4.78 is 1.09. The summed E-state index contributed by atoms with van der Waals surface area (Å²) in [5.41, 5.74) is 3.55. The van der Waals surface area contributed by atoms with Crippen LogP contribution in [0.2, 0.25) is 0 Å². The minimum Gasteiger partial charge on any atom is -0.241 e. The third-order valence-electron chi connectivity index (χ3n) is 2.47. The molecule has 4 heteroatoms. The van der Waals surface area contributed by atoms with Crippen molar-refractivity contribution in [2.24, 2.45) is 0 Å². The van der Waals surface area contributed by atoms with Gasteiger partial charge in [0.25, 0.3) is 0 Å². The van der Waals surface area contributed by atoms with Gasteiger partial charge in [0.1, 0.15) is 5.01 Å². The summed E-state index contributed by atoms with van der Waals surface area (Å²) in [5.74, 6) is 0.760. The smallest absolute Gasteiger partial charge is 0.124 e. The fourth-order valence-corrected chi connectivity index (χ4v) is 3.30. The second kappa shape index (κ2) is 4.90. The zero-order valence-electron chi connectivity index (χ0n) is 9.12. The molecule has 0 aliphatic rings. The highest BCUT2D eigenvalue weighted by atomic mass is 79.9. The number of aromatic nitrogens is 1. The quantitative estimate of drug-likeness (QED) is 0.798. The van der Waals surface area contributed by atoms with Gasteiger partial charge in [-0.15, -0.1) is 11.3 Å². The molecule has 0 amide bonds. The second-order valence-corrected chi connectivity index (χ2v) is 5.96. The van der Waals surface area contributed by atoms with Crippen LogP contribution in [0.5, 0.6) is 0 Å². The Morgan fingerprint density at radius 1 is 1.38 bits per heavy atom. The summed E-state index contributed by atoms with van der Waals surface area (Å²) in [6.07, 6.45) is 0. The van der Waals surface area contributed by atoms with Gasteiger partial charge in [-0.2, -0.15) is 12.6 Å². The zero-order valence-corrected chi connectivity index (χ0v) is 12.4. The van der Waals surface area contributed by atoms with E-state index in [1.54, 1.807) is 11.3 Å². The van der Waals surface area contributed by atoms with Crippen molar-refractivity contribution in [2.45, 2.75) is 19.6 Å². The van der Waals surface area contributed by atoms with Crippen molar-refractivity contribution in [1.82, 2.24) is 4.98 Å². The van der Waals surface area contributed by atoms with Crippen LogP contribution < -0.4 is 0 Å². The number of rotatable bonds is 2. The van der Waals surface area contributed by atoms with Gasteiger partial charge in [0.2, 0.25) is 0 Å². The number of halogens is 1. The molecule has 0 radical (unpaired) electrons. The lowest BCUT2D eigenvalue weighted by Gasteiger charge is -2.02. The van der Waals surface area contributed by atoms with Gasteiger partial charge in [0, 0.05) is 20.7 Å². The number of aryl methyl sites for hydroxylation is 2. The topological polar surface area (TPSA) is 12.9 Å². The molecule has 2 rings (SSSR count). The van der Waals surface area contributed by atoms with Gasteiger partial charge >= 0.3 is 0 Å². The maximum atomic E-state index is 4.60. The molecule has 0 atom stereocenters. The highest BCUT2D eigenvalue weighted by Crippen LogP contribution is 2.32. The Kier molecular flexibility index (Phi) is 3.72. The van der Waals surface area contributed by atoms with Gasteiger partial charge in [0.15, 0.2) is 0 Å². The van der Waals surface area contributed by atoms with E-state index in [-0.39, 0.29) is 0 Å². The van der Waals surface area contributed by atoms with Crippen molar-refractivity contribution in [3.8, 4) is 10.6 Å². The van der Waals surface area contributed by atoms with Crippen LogP contribution in [0.3, 0.4) is 0 Å². The minimum absolute atomic E-state index is 0.760. The fraction of sp³-hybridized carbons (Fsp3) is 0.250. The van der Waals surface area contributed by atoms with E-state index in [4.69, 9.17) is 0 Å². The summed E-state index contributed by atoms with van der Waals surface area (Å²) in [6, 6.07) is 6.28. The molecule has 0 unspecified atom stereocenters. The number of thiol groups is 1. The van der Waals surface area contributed by atoms with Crippen molar-refractivity contribution in [2.75, 3.05) is 0 Å². The Balaban J connectivity index is 2.53. The monoisotopic (exact) mass is 313 g/mol. The van der Waals surface area contributed by atoms with E-state index in [2.05, 4.69) is 58.7 Å². The lowest BCUT2D eigenvalue weighted by Crippen LogP contribution is -1.82. The van der Waals surface area contributed by atoms with Crippen LogP contribution in [0.25, 0.3) is 10.6 Å². The number of hydrogen-bond donors (Lipinski definition) is 1. The standard InChI is InChI=1S/C12H12BrNS2/c1-7-3-4-9(13)5-10(7)12-14-8(2)11(6-15)16-12/h3-5,15H,6H2,1-2H3. The van der Waals surface area contributed by atoms with Crippen LogP contribution in [-0.2, 0) is 5.75 Å². The van der Waals surface area contributed by atoms with Crippen molar-refractivity contribution in [1.29, 1.82) is 0 Å². The van der Waals surface area contributed by atoms with Crippen LogP contribution in [0.4, 0.5) is 0 Å². The molecule has 1 heterocycles. The maximum absolute atomic E-state index is 4.60. The van der Waals surface area contributed by atoms with Gasteiger partial charge in [0.05, 0.1) is 5.69 Å². The first-order chi connectivity index (χ1) is 7.61. The van der Waals surface area contributed by atoms with Gasteiger partial charge in [-0.05, 0) is 31.5 Å². The van der Waals surface area contributed by atoms with Gasteiger partial charge in [-0.1, -0.05) is 22.0 Å². The average Bonchev–Trinajstić information content (AvgIpc) is 2.63. The predicted octanol–water partition coefficient (Wildman–Crippen LogP) is 4.62. The van der Waals surface area contributed by atoms with Crippen molar-refractivity contribution < 1.29 is 0 Å². The van der Waals surface area contributed by atoms with Gasteiger partial charge in [-0.3, -0.25) is 0 Å². The number of benzene rings is 1. The lowest BCUT2D eigenvalue weighted by molar-refractivity contribution is 1.22. The number of nitrogens with zero attached hydrogens (tertiary/aromatic N) is 1. The highest BCUT2D eigenvalue weighted by Gasteiger charge is 2.10. The molecule has 2 aromatic rings. The molecule has 0 aliphatic carbocycles. The van der Waals surface area contributed by atoms with Crippen LogP contribution in [0, 0.1) is 13.8 Å². The van der Waals surface area contributed by atoms with Gasteiger partial charge in [-0.25, -0.2) is 4.98 Å². The molecule has 0 saturated carbocycles. The molecule has 16 heavy (non-hydrogen) atoms. The molecule has 0 saturated heterocycles. The summed E-state index contributed by atoms with van der Waals surface area (Å²) in [4.78, 5) is 5.85. The normalized spacial score (nSPS) is 10.8. The number of thiazole rings is 1. The van der Waals surface area contributed by atoms with E-state index < -0.39 is 0 Å². The first kappa shape index (κ1) is 12.1. The summed E-state index contributed by atoms with van der Waals surface area (Å²) >= 11 is 9.54. The van der Waals surface area contributed by atoms with E-state index in [0.29, 0.717) is 0 Å². The van der Waals surface area contributed by atoms with Crippen molar-refractivity contribution in [3.05, 3.63) is 38.8 Å². The molecule has 1 nitrogen and oxygen atoms in total. The predicted molar refractivity (Wildman–Crippen MR) is 77.4 cm³/mol. The average molecular weight is 314 g/mol. The third-order valence-corrected chi connectivity index (χ3v) is 4.68. The van der Waals surface area contributed by atoms with Crippen molar-refractivity contribution >= 4 is 39.9 Å². The second-order valence-electron chi connectivity index (χ2n) is 3.64. The third kappa shape index (κ3) is 2.34. The first-order valence-corrected chi connectivity index (χ1v) is 7.19. The van der Waals surface area contributed by atoms with E-state index in [0.717, 1.165) is 20.9 Å². The van der Waals surface area contributed by atoms with Crippen LogP contribution >= 0.6 is 39.9 Å². The maximum Gasteiger partial charge on any atom is 0.124 e. The van der Waals surface area contributed by atoms with Crippen LogP contribution in [0.1, 0.15) is 16.1 Å². The lowest BCUT2D eigenvalue weighted by atomic mass is 10.1. The zero-order chi connectivity index (χ0) is 11.7. The number of hydrogen-bond acceptors (Lipinski definition) is 3. The SMILES string of the molecule is Cc1ccc(Br)cc1-c1nc(C)c(CS)s1. The fourth-order valence-electron chi connectivity index (χ4n) is 1.51. The Labute approximate surface area is 113 Å². The van der Waals surface area contributed by atoms with Gasteiger partial charge < -0.3 is 0 Å². The summed E-state index contributed by atoms with van der Waals surface area (Å²) in [7, 11) is 0. The summed E-state index contributed by atoms with van der Waals surface area (Å²) in [6.45, 7) is 4.15. The Hall–Kier alpha value is -0.320. The van der Waals surface area contributed by atoms with E-state index in [9.17, 15) is 0 Å². The van der Waals surface area contributed by atoms with E-state index in [1.165, 1.54) is 16.0 Å². The van der Waals surface area contributed by atoms with Crippen LogP contribution in [-0.4, -0.2) is 4.98 Å². The molecule has 0 aliphatic heterocycles. The molecular formula is C12H12BrNS2. The minimum atomic E-state index is 0.760. The highest BCUT2D eigenvalue weighted by molar-refractivity contribution is 9.10. The Morgan fingerprint density at radius 3 is 2.75 bits per heavy atom. The molecule has 0 fully saturated rings. The Morgan fingerprint density at radius 2 is 2.12 bits per heavy atom. The molecular weight excluding hydrogens is 302 g/mol. The first-order valence-electron chi connectivity index (χ1n) is 4.95. The molecule has 84 valence electrons. The molecule has 0 spiro atoms. The Bertz CT molecular complexity index is 520. The van der Waals surface area contributed by atoms with E-state index in [1.807, 2.05) is 6.92 Å². The summed E-state index contributed by atoms with van der Waals surface area (Å²) in [5, 5.41) is 1.08. The molecule has 1 aromatic carbocycles. The molecule has 0 N–H and O–H groups in total. The molecule has 0 bridgehead atoms. The largest absolute Gasteiger partial charge is 0.241 e.